The second-order valence-corrected chi connectivity index (χ2v) is 11.6. The molecule has 0 spiro atoms. The SMILES string of the molecule is CC(C)N1CCN(c2ccc(-c3ncnc4ccc(C=C5SC(N6CCOCC6)=NC5=O)cc34)cc2Cl)CC1. The lowest BCUT2D eigenvalue weighted by molar-refractivity contribution is -0.113. The van der Waals surface area contributed by atoms with Gasteiger partial charge in [0.05, 0.1) is 40.0 Å². The molecule has 2 aromatic carbocycles. The molecule has 2 saturated heterocycles. The van der Waals surface area contributed by atoms with Gasteiger partial charge < -0.3 is 14.5 Å². The number of nitrogens with zero attached hydrogens (tertiary/aromatic N) is 6. The number of carbonyl (C=O) groups is 1. The lowest BCUT2D eigenvalue weighted by Gasteiger charge is -2.38. The number of thioether (sulfide) groups is 1. The van der Waals surface area contributed by atoms with Gasteiger partial charge in [-0.2, -0.15) is 4.99 Å². The number of benzene rings is 2. The molecule has 4 heterocycles. The molecule has 0 saturated carbocycles. The summed E-state index contributed by atoms with van der Waals surface area (Å²) >= 11 is 8.25. The predicted octanol–water partition coefficient (Wildman–Crippen LogP) is 4.78. The Morgan fingerprint density at radius 3 is 2.51 bits per heavy atom. The largest absolute Gasteiger partial charge is 0.378 e. The predicted molar refractivity (Wildman–Crippen MR) is 159 cm³/mol. The van der Waals surface area contributed by atoms with Crippen LogP contribution in [-0.4, -0.2) is 89.4 Å². The molecule has 2 fully saturated rings. The summed E-state index contributed by atoms with van der Waals surface area (Å²) in [6.45, 7) is 11.3. The molecule has 10 heteroatoms. The van der Waals surface area contributed by atoms with Gasteiger partial charge in [0.2, 0.25) is 0 Å². The average Bonchev–Trinajstić information content (AvgIpc) is 3.33. The monoisotopic (exact) mass is 562 g/mol. The van der Waals surface area contributed by atoms with Gasteiger partial charge in [0.15, 0.2) is 5.17 Å². The molecular weight excluding hydrogens is 532 g/mol. The summed E-state index contributed by atoms with van der Waals surface area (Å²) in [5.74, 6) is -0.206. The number of aliphatic imine (C=N–C) groups is 1. The summed E-state index contributed by atoms with van der Waals surface area (Å²) in [7, 11) is 0. The first-order valence-electron chi connectivity index (χ1n) is 13.4. The van der Waals surface area contributed by atoms with Crippen molar-refractivity contribution in [1.29, 1.82) is 0 Å². The molecule has 0 bridgehead atoms. The zero-order chi connectivity index (χ0) is 26.9. The molecule has 0 radical (unpaired) electrons. The third-order valence-electron chi connectivity index (χ3n) is 7.45. The molecule has 3 aliphatic rings. The van der Waals surface area contributed by atoms with Gasteiger partial charge in [0, 0.05) is 56.3 Å². The van der Waals surface area contributed by atoms with E-state index in [4.69, 9.17) is 16.3 Å². The van der Waals surface area contributed by atoms with Gasteiger partial charge >= 0.3 is 0 Å². The highest BCUT2D eigenvalue weighted by Gasteiger charge is 2.27. The third kappa shape index (κ3) is 5.54. The second kappa shape index (κ2) is 11.3. The van der Waals surface area contributed by atoms with E-state index in [0.29, 0.717) is 24.2 Å². The Balaban J connectivity index is 1.25. The number of morpholine rings is 1. The Morgan fingerprint density at radius 2 is 1.77 bits per heavy atom. The number of piperazine rings is 1. The molecule has 8 nitrogen and oxygen atoms in total. The van der Waals surface area contributed by atoms with Crippen LogP contribution < -0.4 is 4.90 Å². The van der Waals surface area contributed by atoms with Crippen molar-refractivity contribution in [3.05, 3.63) is 58.2 Å². The molecule has 6 rings (SSSR count). The van der Waals surface area contributed by atoms with Gasteiger partial charge in [-0.1, -0.05) is 23.7 Å². The van der Waals surface area contributed by atoms with E-state index in [9.17, 15) is 4.79 Å². The fourth-order valence-corrected chi connectivity index (χ4v) is 6.49. The molecule has 0 atom stereocenters. The highest BCUT2D eigenvalue weighted by Crippen LogP contribution is 2.35. The number of carbonyl (C=O) groups excluding carboxylic acids is 1. The number of anilines is 1. The van der Waals surface area contributed by atoms with Crippen molar-refractivity contribution in [2.75, 3.05) is 57.4 Å². The fourth-order valence-electron chi connectivity index (χ4n) is 5.22. The van der Waals surface area contributed by atoms with Crippen LogP contribution in [0.15, 0.2) is 52.6 Å². The van der Waals surface area contributed by atoms with Crippen LogP contribution in [0.2, 0.25) is 5.02 Å². The first kappa shape index (κ1) is 26.3. The highest BCUT2D eigenvalue weighted by molar-refractivity contribution is 8.18. The Labute approximate surface area is 237 Å². The molecule has 0 aliphatic carbocycles. The molecule has 202 valence electrons. The van der Waals surface area contributed by atoms with E-state index in [2.05, 4.69) is 55.6 Å². The molecule has 3 aromatic rings. The van der Waals surface area contributed by atoms with Gasteiger partial charge in [0.25, 0.3) is 5.91 Å². The molecule has 1 aromatic heterocycles. The summed E-state index contributed by atoms with van der Waals surface area (Å²) < 4.78 is 5.42. The first-order valence-corrected chi connectivity index (χ1v) is 14.5. The quantitative estimate of drug-likeness (QED) is 0.421. The molecule has 0 unspecified atom stereocenters. The number of amidine groups is 1. The zero-order valence-corrected chi connectivity index (χ0v) is 23.7. The van der Waals surface area contributed by atoms with E-state index in [-0.39, 0.29) is 5.91 Å². The number of ether oxygens (including phenoxy) is 1. The average molecular weight is 563 g/mol. The van der Waals surface area contributed by atoms with Crippen LogP contribution in [0.1, 0.15) is 19.4 Å². The number of halogens is 1. The molecule has 39 heavy (non-hydrogen) atoms. The molecule has 0 N–H and O–H groups in total. The van der Waals surface area contributed by atoms with Crippen molar-refractivity contribution < 1.29 is 9.53 Å². The van der Waals surface area contributed by atoms with Crippen molar-refractivity contribution in [2.24, 2.45) is 4.99 Å². The van der Waals surface area contributed by atoms with Gasteiger partial charge in [-0.05, 0) is 61.5 Å². The number of fused-ring (bicyclic) bond motifs is 1. The van der Waals surface area contributed by atoms with E-state index in [1.165, 1.54) is 11.8 Å². The van der Waals surface area contributed by atoms with E-state index in [0.717, 1.165) is 82.9 Å². The maximum atomic E-state index is 12.7. The minimum atomic E-state index is -0.206. The number of hydrogen-bond donors (Lipinski definition) is 0. The minimum absolute atomic E-state index is 0.206. The van der Waals surface area contributed by atoms with Crippen molar-refractivity contribution in [3.8, 4) is 11.3 Å². The number of amides is 1. The summed E-state index contributed by atoms with van der Waals surface area (Å²) in [5, 5.41) is 2.38. The van der Waals surface area contributed by atoms with Gasteiger partial charge in [-0.3, -0.25) is 9.69 Å². The van der Waals surface area contributed by atoms with Crippen LogP contribution in [0, 0.1) is 0 Å². The number of rotatable bonds is 4. The van der Waals surface area contributed by atoms with E-state index < -0.39 is 0 Å². The number of aromatic nitrogens is 2. The van der Waals surface area contributed by atoms with E-state index in [1.54, 1.807) is 6.33 Å². The van der Waals surface area contributed by atoms with Gasteiger partial charge in [-0.25, -0.2) is 9.97 Å². The smallest absolute Gasteiger partial charge is 0.286 e. The topological polar surface area (TPSA) is 74.2 Å². The maximum Gasteiger partial charge on any atom is 0.286 e. The molecule has 3 aliphatic heterocycles. The second-order valence-electron chi connectivity index (χ2n) is 10.2. The van der Waals surface area contributed by atoms with Crippen molar-refractivity contribution in [1.82, 2.24) is 19.8 Å². The minimum Gasteiger partial charge on any atom is -0.378 e. The fraction of sp³-hybridized carbons (Fsp3) is 0.379. The van der Waals surface area contributed by atoms with Crippen molar-refractivity contribution in [3.63, 3.8) is 0 Å². The molecular formula is C29H31ClN6O2S. The van der Waals surface area contributed by atoms with Crippen LogP contribution in [-0.2, 0) is 9.53 Å². The van der Waals surface area contributed by atoms with Crippen molar-refractivity contribution >= 4 is 57.1 Å². The lowest BCUT2D eigenvalue weighted by atomic mass is 10.0. The van der Waals surface area contributed by atoms with E-state index >= 15 is 0 Å². The highest BCUT2D eigenvalue weighted by atomic mass is 35.5. The van der Waals surface area contributed by atoms with Crippen LogP contribution >= 0.6 is 23.4 Å². The Hall–Kier alpha value is -2.98. The van der Waals surface area contributed by atoms with Crippen LogP contribution in [0.4, 0.5) is 5.69 Å². The van der Waals surface area contributed by atoms with Crippen LogP contribution in [0.5, 0.6) is 0 Å². The third-order valence-corrected chi connectivity index (χ3v) is 8.80. The first-order chi connectivity index (χ1) is 19.0. The summed E-state index contributed by atoms with van der Waals surface area (Å²) in [6.07, 6.45) is 3.48. The zero-order valence-electron chi connectivity index (χ0n) is 22.1. The standard InChI is InChI=1S/C29H31ClN6O2S/c1-19(2)34-7-9-35(10-8-34)25-6-4-21(17-23(25)30)27-22-15-20(3-5-24(22)31-18-32-27)16-26-28(37)33-29(39-26)36-11-13-38-14-12-36/h3-6,15-19H,7-14H2,1-2H3. The Bertz CT molecular complexity index is 1460. The lowest BCUT2D eigenvalue weighted by Crippen LogP contribution is -2.49. The summed E-state index contributed by atoms with van der Waals surface area (Å²) in [4.78, 5) is 33.6. The van der Waals surface area contributed by atoms with Gasteiger partial charge in [0.1, 0.15) is 6.33 Å². The normalized spacial score (nSPS) is 19.9. The summed E-state index contributed by atoms with van der Waals surface area (Å²) in [6, 6.07) is 12.7. The van der Waals surface area contributed by atoms with Gasteiger partial charge in [-0.15, -0.1) is 0 Å². The van der Waals surface area contributed by atoms with E-state index in [1.807, 2.05) is 30.3 Å². The Kier molecular flexibility index (Phi) is 7.57. The number of hydrogen-bond acceptors (Lipinski definition) is 8. The van der Waals surface area contributed by atoms with Crippen LogP contribution in [0.3, 0.4) is 0 Å². The summed E-state index contributed by atoms with van der Waals surface area (Å²) in [5.41, 5.74) is 4.54. The van der Waals surface area contributed by atoms with Crippen LogP contribution in [0.25, 0.3) is 28.2 Å². The van der Waals surface area contributed by atoms with Crippen molar-refractivity contribution in [2.45, 2.75) is 19.9 Å². The maximum absolute atomic E-state index is 12.7. The Morgan fingerprint density at radius 1 is 0.974 bits per heavy atom. The molecule has 1 amide bonds.